The molecule has 1 aromatic rings. The van der Waals surface area contributed by atoms with E-state index >= 15 is 0 Å². The van der Waals surface area contributed by atoms with Gasteiger partial charge < -0.3 is 10.0 Å². The Kier molecular flexibility index (Phi) is 3.42. The minimum absolute atomic E-state index is 0.0263. The molecule has 0 aliphatic rings. The quantitative estimate of drug-likeness (QED) is 0.625. The molecule has 1 aromatic carbocycles. The monoisotopic (exact) mass is 238 g/mol. The molecule has 0 heterocycles. The second-order valence-electron chi connectivity index (χ2n) is 3.53. The van der Waals surface area contributed by atoms with Crippen LogP contribution in [-0.4, -0.2) is 40.9 Å². The molecule has 0 spiro atoms. The second-order valence-corrected chi connectivity index (χ2v) is 3.53. The van der Waals surface area contributed by atoms with Crippen LogP contribution in [0.3, 0.4) is 0 Å². The molecule has 0 aromatic heterocycles. The summed E-state index contributed by atoms with van der Waals surface area (Å²) in [6, 6.07) is 3.07. The molecule has 0 aliphatic heterocycles. The number of hydrogen-bond acceptors (Lipinski definition) is 4. The molecule has 0 saturated heterocycles. The molecule has 0 fully saturated rings. The van der Waals surface area contributed by atoms with Crippen molar-refractivity contribution in [2.75, 3.05) is 14.1 Å². The molecule has 1 amide bonds. The lowest BCUT2D eigenvalue weighted by Gasteiger charge is -2.10. The number of carbonyl (C=O) groups is 2. The predicted molar refractivity (Wildman–Crippen MR) is 58.1 cm³/mol. The van der Waals surface area contributed by atoms with Crippen molar-refractivity contribution in [2.45, 2.75) is 0 Å². The molecule has 0 bridgehead atoms. The molecule has 0 aliphatic carbocycles. The van der Waals surface area contributed by atoms with Crippen LogP contribution < -0.4 is 0 Å². The summed E-state index contributed by atoms with van der Waals surface area (Å²) in [5, 5.41) is 19.4. The fourth-order valence-electron chi connectivity index (χ4n) is 1.22. The first-order chi connectivity index (χ1) is 7.82. The summed E-state index contributed by atoms with van der Waals surface area (Å²) < 4.78 is 0. The Morgan fingerprint density at radius 3 is 2.18 bits per heavy atom. The third-order valence-electron chi connectivity index (χ3n) is 2.03. The van der Waals surface area contributed by atoms with Crippen molar-refractivity contribution in [1.29, 1.82) is 0 Å². The topological polar surface area (TPSA) is 101 Å². The summed E-state index contributed by atoms with van der Waals surface area (Å²) in [5.74, 6) is -1.81. The van der Waals surface area contributed by atoms with Crippen molar-refractivity contribution in [2.24, 2.45) is 0 Å². The molecule has 1 N–H and O–H groups in total. The van der Waals surface area contributed by atoms with Crippen molar-refractivity contribution >= 4 is 17.6 Å². The predicted octanol–water partition coefficient (Wildman–Crippen LogP) is 0.995. The van der Waals surface area contributed by atoms with Gasteiger partial charge in [0, 0.05) is 31.8 Å². The molecular formula is C10H10N2O5. The molecule has 0 atom stereocenters. The van der Waals surface area contributed by atoms with Crippen molar-refractivity contribution in [1.82, 2.24) is 4.90 Å². The Hall–Kier alpha value is -2.44. The molecule has 0 radical (unpaired) electrons. The zero-order valence-corrected chi connectivity index (χ0v) is 9.21. The van der Waals surface area contributed by atoms with Crippen molar-refractivity contribution in [3.05, 3.63) is 39.4 Å². The molecule has 1 rings (SSSR count). The highest BCUT2D eigenvalue weighted by Gasteiger charge is 2.18. The lowest BCUT2D eigenvalue weighted by molar-refractivity contribution is -0.384. The average Bonchev–Trinajstić information content (AvgIpc) is 2.27. The van der Waals surface area contributed by atoms with E-state index in [1.807, 2.05) is 0 Å². The molecule has 7 heteroatoms. The van der Waals surface area contributed by atoms with Crippen LogP contribution in [0.2, 0.25) is 0 Å². The van der Waals surface area contributed by atoms with Gasteiger partial charge in [-0.3, -0.25) is 14.9 Å². The number of carbonyl (C=O) groups excluding carboxylic acids is 1. The van der Waals surface area contributed by atoms with E-state index in [-0.39, 0.29) is 11.1 Å². The van der Waals surface area contributed by atoms with E-state index in [1.54, 1.807) is 0 Å². The number of benzene rings is 1. The van der Waals surface area contributed by atoms with Crippen molar-refractivity contribution < 1.29 is 19.6 Å². The van der Waals surface area contributed by atoms with Crippen LogP contribution in [0, 0.1) is 10.1 Å². The molecule has 7 nitrogen and oxygen atoms in total. The number of amides is 1. The fourth-order valence-corrected chi connectivity index (χ4v) is 1.22. The number of non-ortho nitro benzene ring substituents is 1. The Labute approximate surface area is 96.4 Å². The van der Waals surface area contributed by atoms with Gasteiger partial charge in [-0.1, -0.05) is 0 Å². The fraction of sp³-hybridized carbons (Fsp3) is 0.200. The van der Waals surface area contributed by atoms with E-state index in [0.29, 0.717) is 0 Å². The van der Waals surface area contributed by atoms with E-state index in [2.05, 4.69) is 0 Å². The zero-order valence-electron chi connectivity index (χ0n) is 9.21. The highest BCUT2D eigenvalue weighted by atomic mass is 16.6. The highest BCUT2D eigenvalue weighted by Crippen LogP contribution is 2.18. The Bertz CT molecular complexity index is 463. The van der Waals surface area contributed by atoms with E-state index in [1.165, 1.54) is 19.0 Å². The van der Waals surface area contributed by atoms with Gasteiger partial charge >= 0.3 is 5.97 Å². The summed E-state index contributed by atoms with van der Waals surface area (Å²) in [7, 11) is 2.95. The molecular weight excluding hydrogens is 228 g/mol. The summed E-state index contributed by atoms with van der Waals surface area (Å²) in [6.45, 7) is 0. The van der Waals surface area contributed by atoms with Gasteiger partial charge in [-0.05, 0) is 6.07 Å². The lowest BCUT2D eigenvalue weighted by atomic mass is 10.1. The zero-order chi connectivity index (χ0) is 13.2. The second kappa shape index (κ2) is 4.60. The number of rotatable bonds is 3. The number of nitro benzene ring substituents is 1. The first-order valence-corrected chi connectivity index (χ1v) is 4.57. The number of nitrogens with zero attached hydrogens (tertiary/aromatic N) is 2. The van der Waals surface area contributed by atoms with Gasteiger partial charge in [-0.15, -0.1) is 0 Å². The molecule has 17 heavy (non-hydrogen) atoms. The standard InChI is InChI=1S/C10H10N2O5/c1-11(2)9(13)6-3-7(10(14)15)5-8(4-6)12(16)17/h3-5H,1-2H3,(H,14,15). The third kappa shape index (κ3) is 2.77. The number of aromatic carboxylic acids is 1. The van der Waals surface area contributed by atoms with Crippen molar-refractivity contribution in [3.8, 4) is 0 Å². The van der Waals surface area contributed by atoms with Gasteiger partial charge in [0.2, 0.25) is 0 Å². The SMILES string of the molecule is CN(C)C(=O)c1cc(C(=O)O)cc([N+](=O)[O-])c1. The van der Waals surface area contributed by atoms with Crippen LogP contribution >= 0.6 is 0 Å². The minimum atomic E-state index is -1.32. The number of nitro groups is 1. The van der Waals surface area contributed by atoms with Gasteiger partial charge in [0.1, 0.15) is 0 Å². The van der Waals surface area contributed by atoms with E-state index < -0.39 is 22.5 Å². The number of carboxylic acids is 1. The summed E-state index contributed by atoms with van der Waals surface area (Å²) >= 11 is 0. The van der Waals surface area contributed by atoms with Crippen LogP contribution in [0.1, 0.15) is 20.7 Å². The van der Waals surface area contributed by atoms with Crippen LogP contribution in [-0.2, 0) is 0 Å². The first-order valence-electron chi connectivity index (χ1n) is 4.57. The minimum Gasteiger partial charge on any atom is -0.478 e. The number of hydrogen-bond donors (Lipinski definition) is 1. The summed E-state index contributed by atoms with van der Waals surface area (Å²) in [5.41, 5.74) is -0.735. The van der Waals surface area contributed by atoms with Crippen LogP contribution in [0.5, 0.6) is 0 Å². The average molecular weight is 238 g/mol. The molecule has 90 valence electrons. The summed E-state index contributed by atoms with van der Waals surface area (Å²) in [6.07, 6.45) is 0. The Morgan fingerprint density at radius 2 is 1.76 bits per heavy atom. The van der Waals surface area contributed by atoms with Gasteiger partial charge in [-0.25, -0.2) is 4.79 Å². The van der Waals surface area contributed by atoms with Gasteiger partial charge in [0.15, 0.2) is 0 Å². The smallest absolute Gasteiger partial charge is 0.335 e. The largest absolute Gasteiger partial charge is 0.478 e. The van der Waals surface area contributed by atoms with Crippen LogP contribution in [0.25, 0.3) is 0 Å². The highest BCUT2D eigenvalue weighted by molar-refractivity contribution is 5.98. The third-order valence-corrected chi connectivity index (χ3v) is 2.03. The first kappa shape index (κ1) is 12.6. The van der Waals surface area contributed by atoms with Crippen LogP contribution in [0.15, 0.2) is 18.2 Å². The van der Waals surface area contributed by atoms with Crippen LogP contribution in [0.4, 0.5) is 5.69 Å². The normalized spacial score (nSPS) is 9.76. The lowest BCUT2D eigenvalue weighted by Crippen LogP contribution is -2.22. The van der Waals surface area contributed by atoms with E-state index in [9.17, 15) is 19.7 Å². The van der Waals surface area contributed by atoms with Gasteiger partial charge in [0.05, 0.1) is 10.5 Å². The number of carboxylic acid groups (broad SMARTS) is 1. The maximum absolute atomic E-state index is 11.6. The van der Waals surface area contributed by atoms with Gasteiger partial charge in [-0.2, -0.15) is 0 Å². The molecule has 0 saturated carbocycles. The maximum atomic E-state index is 11.6. The summed E-state index contributed by atoms with van der Waals surface area (Å²) in [4.78, 5) is 33.5. The molecule has 0 unspecified atom stereocenters. The van der Waals surface area contributed by atoms with E-state index in [4.69, 9.17) is 5.11 Å². The maximum Gasteiger partial charge on any atom is 0.335 e. The Balaban J connectivity index is 3.36. The Morgan fingerprint density at radius 1 is 1.24 bits per heavy atom. The van der Waals surface area contributed by atoms with Crippen molar-refractivity contribution in [3.63, 3.8) is 0 Å². The van der Waals surface area contributed by atoms with E-state index in [0.717, 1.165) is 18.2 Å². The van der Waals surface area contributed by atoms with Gasteiger partial charge in [0.25, 0.3) is 11.6 Å².